The smallest absolute Gasteiger partial charge is 0.248 e. The van der Waals surface area contributed by atoms with E-state index < -0.39 is 0 Å². The maximum atomic E-state index is 13.2. The number of hydrogen-bond donors (Lipinski definition) is 1. The molecule has 0 bridgehead atoms. The average Bonchev–Trinajstić information content (AvgIpc) is 2.81. The molecule has 0 aliphatic carbocycles. The van der Waals surface area contributed by atoms with Gasteiger partial charge in [0.2, 0.25) is 5.88 Å². The predicted molar refractivity (Wildman–Crippen MR) is 124 cm³/mol. The van der Waals surface area contributed by atoms with Crippen molar-refractivity contribution in [3.05, 3.63) is 72.4 Å². The first-order chi connectivity index (χ1) is 15.6. The van der Waals surface area contributed by atoms with Crippen molar-refractivity contribution in [1.82, 2.24) is 15.0 Å². The van der Waals surface area contributed by atoms with E-state index >= 15 is 0 Å². The molecule has 8 heteroatoms. The summed E-state index contributed by atoms with van der Waals surface area (Å²) < 4.78 is 19.3. The van der Waals surface area contributed by atoms with Gasteiger partial charge in [-0.3, -0.25) is 0 Å². The van der Waals surface area contributed by atoms with Gasteiger partial charge in [0.05, 0.1) is 0 Å². The van der Waals surface area contributed by atoms with Crippen LogP contribution in [0.1, 0.15) is 5.69 Å². The number of fused-ring (bicyclic) bond motifs is 1. The van der Waals surface area contributed by atoms with Crippen LogP contribution in [-0.4, -0.2) is 41.1 Å². The summed E-state index contributed by atoms with van der Waals surface area (Å²) in [6.45, 7) is 4.95. The van der Waals surface area contributed by atoms with Crippen molar-refractivity contribution in [1.29, 1.82) is 0 Å². The number of nitrogens with two attached hydrogens (primary N) is 1. The zero-order chi connectivity index (χ0) is 22.1. The van der Waals surface area contributed by atoms with Gasteiger partial charge < -0.3 is 20.3 Å². The number of halogens is 1. The Bertz CT molecular complexity index is 1260. The van der Waals surface area contributed by atoms with Gasteiger partial charge in [0.25, 0.3) is 0 Å². The summed E-state index contributed by atoms with van der Waals surface area (Å²) in [5.41, 5.74) is 9.50. The lowest BCUT2D eigenvalue weighted by Gasteiger charge is -2.37. The second-order valence-corrected chi connectivity index (χ2v) is 7.75. The molecule has 0 atom stereocenters. The van der Waals surface area contributed by atoms with Gasteiger partial charge >= 0.3 is 0 Å². The summed E-state index contributed by atoms with van der Waals surface area (Å²) in [5, 5.41) is 0.984. The number of nitrogen functional groups attached to an aromatic ring is 1. The zero-order valence-corrected chi connectivity index (χ0v) is 17.7. The Morgan fingerprint density at radius 3 is 2.44 bits per heavy atom. The maximum Gasteiger partial charge on any atom is 0.248 e. The van der Waals surface area contributed by atoms with Crippen LogP contribution in [0.15, 0.2) is 60.9 Å². The fourth-order valence-corrected chi connectivity index (χ4v) is 3.94. The van der Waals surface area contributed by atoms with Crippen molar-refractivity contribution in [3.63, 3.8) is 0 Å². The molecule has 0 amide bonds. The normalized spacial score (nSPS) is 14.1. The van der Waals surface area contributed by atoms with Crippen molar-refractivity contribution in [2.45, 2.75) is 6.92 Å². The number of benzene rings is 2. The molecule has 1 fully saturated rings. The Kier molecular flexibility index (Phi) is 5.18. The third-order valence-electron chi connectivity index (χ3n) is 5.63. The highest BCUT2D eigenvalue weighted by Crippen LogP contribution is 2.34. The van der Waals surface area contributed by atoms with Crippen LogP contribution in [0.4, 0.5) is 21.6 Å². The minimum absolute atomic E-state index is 0.231. The Balaban J connectivity index is 1.36. The number of ether oxygens (including phenoxy) is 1. The Hall–Kier alpha value is -3.94. The highest BCUT2D eigenvalue weighted by molar-refractivity contribution is 5.85. The van der Waals surface area contributed by atoms with Gasteiger partial charge in [-0.2, -0.15) is 4.98 Å². The molecule has 7 nitrogen and oxygen atoms in total. The molecule has 162 valence electrons. The van der Waals surface area contributed by atoms with E-state index in [9.17, 15) is 4.39 Å². The number of para-hydroxylation sites is 1. The second kappa shape index (κ2) is 8.30. The third-order valence-corrected chi connectivity index (χ3v) is 5.63. The number of hydrogen-bond acceptors (Lipinski definition) is 7. The van der Waals surface area contributed by atoms with Crippen molar-refractivity contribution < 1.29 is 9.13 Å². The Labute approximate surface area is 185 Å². The molecule has 1 aliphatic rings. The lowest BCUT2D eigenvalue weighted by Crippen LogP contribution is -2.47. The predicted octanol–water partition coefficient (Wildman–Crippen LogP) is 4.17. The summed E-state index contributed by atoms with van der Waals surface area (Å²) in [5.74, 6) is 1.33. The summed E-state index contributed by atoms with van der Waals surface area (Å²) >= 11 is 0. The highest BCUT2D eigenvalue weighted by atomic mass is 19.1. The van der Waals surface area contributed by atoms with Crippen molar-refractivity contribution in [3.8, 4) is 11.6 Å². The number of anilines is 3. The van der Waals surface area contributed by atoms with E-state index in [0.29, 0.717) is 23.1 Å². The molecule has 3 heterocycles. The SMILES string of the molecule is Cc1ccc2cccc(Oc3ncnc(N4CCN(c5ccc(F)cc5)CC4)c3N)c2n1. The first kappa shape index (κ1) is 20.0. The van der Waals surface area contributed by atoms with Crippen molar-refractivity contribution in [2.75, 3.05) is 41.7 Å². The minimum Gasteiger partial charge on any atom is -0.435 e. The van der Waals surface area contributed by atoms with Gasteiger partial charge in [-0.15, -0.1) is 0 Å². The Morgan fingerprint density at radius 2 is 1.66 bits per heavy atom. The molecule has 0 saturated carbocycles. The molecule has 0 radical (unpaired) electrons. The third kappa shape index (κ3) is 3.87. The first-order valence-corrected chi connectivity index (χ1v) is 10.5. The zero-order valence-electron chi connectivity index (χ0n) is 17.7. The van der Waals surface area contributed by atoms with E-state index in [4.69, 9.17) is 10.5 Å². The maximum absolute atomic E-state index is 13.2. The standard InChI is InChI=1S/C24H23FN6O/c1-16-5-6-17-3-2-4-20(22(17)29-16)32-24-21(26)23(27-15-28-24)31-13-11-30(12-14-31)19-9-7-18(25)8-10-19/h2-10,15H,11-14,26H2,1H3. The van der Waals surface area contributed by atoms with Crippen LogP contribution < -0.4 is 20.3 Å². The largest absolute Gasteiger partial charge is 0.435 e. The molecule has 1 aliphatic heterocycles. The summed E-state index contributed by atoms with van der Waals surface area (Å²) in [7, 11) is 0. The van der Waals surface area contributed by atoms with E-state index in [1.165, 1.54) is 18.5 Å². The summed E-state index contributed by atoms with van der Waals surface area (Å²) in [4.78, 5) is 17.6. The fourth-order valence-electron chi connectivity index (χ4n) is 3.94. The fraction of sp³-hybridized carbons (Fsp3) is 0.208. The Morgan fingerprint density at radius 1 is 0.906 bits per heavy atom. The van der Waals surface area contributed by atoms with Crippen LogP contribution in [0.25, 0.3) is 10.9 Å². The van der Waals surface area contributed by atoms with Crippen LogP contribution in [0.2, 0.25) is 0 Å². The van der Waals surface area contributed by atoms with Gasteiger partial charge in [0.15, 0.2) is 11.6 Å². The van der Waals surface area contributed by atoms with Crippen molar-refractivity contribution >= 4 is 28.1 Å². The summed E-state index contributed by atoms with van der Waals surface area (Å²) in [6.07, 6.45) is 1.47. The van der Waals surface area contributed by atoms with Crippen LogP contribution in [-0.2, 0) is 0 Å². The molecule has 4 aromatic rings. The topological polar surface area (TPSA) is 80.4 Å². The molecular formula is C24H23FN6O. The number of pyridine rings is 1. The van der Waals surface area contributed by atoms with Crippen molar-refractivity contribution in [2.24, 2.45) is 0 Å². The van der Waals surface area contributed by atoms with E-state index in [0.717, 1.165) is 48.5 Å². The number of nitrogens with zero attached hydrogens (tertiary/aromatic N) is 5. The molecule has 5 rings (SSSR count). The first-order valence-electron chi connectivity index (χ1n) is 10.5. The number of rotatable bonds is 4. The molecular weight excluding hydrogens is 407 g/mol. The van der Waals surface area contributed by atoms with Crippen LogP contribution >= 0.6 is 0 Å². The van der Waals surface area contributed by atoms with E-state index in [1.807, 2.05) is 37.3 Å². The van der Waals surface area contributed by atoms with Crippen LogP contribution in [0.5, 0.6) is 11.6 Å². The highest BCUT2D eigenvalue weighted by Gasteiger charge is 2.22. The van der Waals surface area contributed by atoms with E-state index in [2.05, 4.69) is 24.8 Å². The van der Waals surface area contributed by atoms with Crippen LogP contribution in [0, 0.1) is 12.7 Å². The quantitative estimate of drug-likeness (QED) is 0.520. The molecule has 32 heavy (non-hydrogen) atoms. The summed E-state index contributed by atoms with van der Waals surface area (Å²) in [6, 6.07) is 16.3. The van der Waals surface area contributed by atoms with Crippen LogP contribution in [0.3, 0.4) is 0 Å². The minimum atomic E-state index is -0.231. The molecule has 2 N–H and O–H groups in total. The van der Waals surface area contributed by atoms with E-state index in [1.54, 1.807) is 12.1 Å². The number of aromatic nitrogens is 3. The lowest BCUT2D eigenvalue weighted by atomic mass is 10.2. The molecule has 0 spiro atoms. The number of aryl methyl sites for hydroxylation is 1. The monoisotopic (exact) mass is 430 g/mol. The van der Waals surface area contributed by atoms with Gasteiger partial charge in [0, 0.05) is 42.9 Å². The second-order valence-electron chi connectivity index (χ2n) is 7.75. The van der Waals surface area contributed by atoms with Gasteiger partial charge in [-0.1, -0.05) is 18.2 Å². The molecule has 2 aromatic heterocycles. The molecule has 2 aromatic carbocycles. The van der Waals surface area contributed by atoms with Gasteiger partial charge in [0.1, 0.15) is 23.3 Å². The van der Waals surface area contributed by atoms with Gasteiger partial charge in [-0.05, 0) is 43.3 Å². The number of piperazine rings is 1. The average molecular weight is 430 g/mol. The lowest BCUT2D eigenvalue weighted by molar-refractivity contribution is 0.468. The molecule has 1 saturated heterocycles. The molecule has 0 unspecified atom stereocenters. The van der Waals surface area contributed by atoms with E-state index in [-0.39, 0.29) is 5.82 Å². The van der Waals surface area contributed by atoms with Gasteiger partial charge in [-0.25, -0.2) is 14.4 Å².